The van der Waals surface area contributed by atoms with Crippen LogP contribution in [0.3, 0.4) is 0 Å². The van der Waals surface area contributed by atoms with E-state index in [0.29, 0.717) is 6.42 Å². The molecule has 0 bridgehead atoms. The predicted molar refractivity (Wildman–Crippen MR) is 36.4 cm³/mol. The summed E-state index contributed by atoms with van der Waals surface area (Å²) in [6.07, 6.45) is 1.97. The van der Waals surface area contributed by atoms with E-state index in [4.69, 9.17) is 10.3 Å². The number of oxime groups is 1. The first kappa shape index (κ1) is 8.94. The summed E-state index contributed by atoms with van der Waals surface area (Å²) in [5, 5.41) is 19.1. The molecule has 0 aliphatic rings. The maximum absolute atomic E-state index is 10.1. The summed E-state index contributed by atoms with van der Waals surface area (Å²) >= 11 is 0. The van der Waals surface area contributed by atoms with Crippen molar-refractivity contribution in [2.45, 2.75) is 26.2 Å². The average Bonchev–Trinajstić information content (AvgIpc) is 1.89. The molecule has 58 valence electrons. The van der Waals surface area contributed by atoms with E-state index in [2.05, 4.69) is 5.16 Å². The van der Waals surface area contributed by atoms with Crippen LogP contribution < -0.4 is 0 Å². The van der Waals surface area contributed by atoms with E-state index in [1.165, 1.54) is 0 Å². The second-order valence-electron chi connectivity index (χ2n) is 1.96. The molecule has 0 saturated carbocycles. The van der Waals surface area contributed by atoms with Crippen molar-refractivity contribution in [1.29, 1.82) is 0 Å². The van der Waals surface area contributed by atoms with Gasteiger partial charge in [0.05, 0.1) is 0 Å². The van der Waals surface area contributed by atoms with Gasteiger partial charge in [0.1, 0.15) is 0 Å². The monoisotopic (exact) mass is 145 g/mol. The molecule has 0 unspecified atom stereocenters. The summed E-state index contributed by atoms with van der Waals surface area (Å²) in [6, 6.07) is 0. The Balaban J connectivity index is 3.74. The molecule has 0 aliphatic carbocycles. The third-order valence-corrected chi connectivity index (χ3v) is 1.13. The van der Waals surface area contributed by atoms with E-state index < -0.39 is 5.97 Å². The molecule has 2 N–H and O–H groups in total. The first-order valence-corrected chi connectivity index (χ1v) is 3.16. The number of rotatable bonds is 4. The van der Waals surface area contributed by atoms with Crippen molar-refractivity contribution in [3.8, 4) is 0 Å². The van der Waals surface area contributed by atoms with Gasteiger partial charge in [0, 0.05) is 6.42 Å². The first-order valence-electron chi connectivity index (χ1n) is 3.16. The van der Waals surface area contributed by atoms with Crippen LogP contribution in [0.15, 0.2) is 5.16 Å². The summed E-state index contributed by atoms with van der Waals surface area (Å²) in [5.41, 5.74) is -0.165. The predicted octanol–water partition coefficient (Wildman–Crippen LogP) is 1.09. The van der Waals surface area contributed by atoms with Gasteiger partial charge in [-0.25, -0.2) is 4.79 Å². The summed E-state index contributed by atoms with van der Waals surface area (Å²) in [5.74, 6) is -1.14. The second kappa shape index (κ2) is 4.78. The second-order valence-corrected chi connectivity index (χ2v) is 1.96. The molecule has 0 atom stereocenters. The number of carboxylic acid groups (broad SMARTS) is 1. The maximum atomic E-state index is 10.1. The van der Waals surface area contributed by atoms with E-state index in [9.17, 15) is 4.79 Å². The summed E-state index contributed by atoms with van der Waals surface area (Å²) in [4.78, 5) is 10.1. The molecule has 0 spiro atoms. The minimum absolute atomic E-state index is 0.165. The number of carboxylic acids is 1. The normalized spacial score (nSPS) is 11.5. The number of carbonyl (C=O) groups is 1. The van der Waals surface area contributed by atoms with E-state index in [-0.39, 0.29) is 5.71 Å². The molecule has 0 heterocycles. The van der Waals surface area contributed by atoms with Crippen LogP contribution in [0.25, 0.3) is 0 Å². The van der Waals surface area contributed by atoms with Crippen LogP contribution >= 0.6 is 0 Å². The highest BCUT2D eigenvalue weighted by Crippen LogP contribution is 1.96. The molecule has 0 fully saturated rings. The van der Waals surface area contributed by atoms with Crippen molar-refractivity contribution in [2.75, 3.05) is 0 Å². The number of aliphatic carboxylic acids is 1. The van der Waals surface area contributed by atoms with Crippen molar-refractivity contribution >= 4 is 11.7 Å². The van der Waals surface area contributed by atoms with Crippen LogP contribution in [0.2, 0.25) is 0 Å². The third kappa shape index (κ3) is 3.06. The Labute approximate surface area is 59.2 Å². The van der Waals surface area contributed by atoms with Crippen molar-refractivity contribution in [3.05, 3.63) is 0 Å². The summed E-state index contributed by atoms with van der Waals surface area (Å²) < 4.78 is 0. The summed E-state index contributed by atoms with van der Waals surface area (Å²) in [7, 11) is 0. The molecular weight excluding hydrogens is 134 g/mol. The number of unbranched alkanes of at least 4 members (excludes halogenated alkanes) is 1. The molecule has 0 radical (unpaired) electrons. The number of hydrogen-bond acceptors (Lipinski definition) is 3. The SMILES string of the molecule is CCCCC(=NO)C(=O)O. The molecule has 4 nitrogen and oxygen atoms in total. The molecular formula is C6H11NO3. The highest BCUT2D eigenvalue weighted by atomic mass is 16.4. The molecule has 4 heteroatoms. The van der Waals surface area contributed by atoms with E-state index in [0.717, 1.165) is 12.8 Å². The Hall–Kier alpha value is -1.06. The van der Waals surface area contributed by atoms with Crippen LogP contribution in [-0.4, -0.2) is 22.0 Å². The highest BCUT2D eigenvalue weighted by molar-refractivity contribution is 6.35. The average molecular weight is 145 g/mol. The smallest absolute Gasteiger partial charge is 0.353 e. The zero-order chi connectivity index (χ0) is 7.98. The number of hydrogen-bond donors (Lipinski definition) is 2. The standard InChI is InChI=1S/C6H11NO3/c1-2-3-4-5(7-10)6(8)9/h10H,2-4H2,1H3,(H,8,9). The van der Waals surface area contributed by atoms with Crippen molar-refractivity contribution in [3.63, 3.8) is 0 Å². The van der Waals surface area contributed by atoms with Crippen LogP contribution in [0.4, 0.5) is 0 Å². The minimum Gasteiger partial charge on any atom is -0.477 e. The molecule has 10 heavy (non-hydrogen) atoms. The molecule has 0 aromatic rings. The molecule has 0 aliphatic heterocycles. The number of nitrogens with zero attached hydrogens (tertiary/aromatic N) is 1. The lowest BCUT2D eigenvalue weighted by molar-refractivity contribution is -0.129. The Kier molecular flexibility index (Phi) is 4.28. The lowest BCUT2D eigenvalue weighted by atomic mass is 10.2. The molecule has 0 aromatic carbocycles. The van der Waals surface area contributed by atoms with Crippen LogP contribution in [0.5, 0.6) is 0 Å². The topological polar surface area (TPSA) is 69.9 Å². The lowest BCUT2D eigenvalue weighted by Gasteiger charge is -1.94. The van der Waals surface area contributed by atoms with Gasteiger partial charge in [0.2, 0.25) is 0 Å². The van der Waals surface area contributed by atoms with Crippen molar-refractivity contribution in [1.82, 2.24) is 0 Å². The van der Waals surface area contributed by atoms with E-state index >= 15 is 0 Å². The van der Waals surface area contributed by atoms with E-state index in [1.807, 2.05) is 6.92 Å². The molecule has 0 saturated heterocycles. The fraction of sp³-hybridized carbons (Fsp3) is 0.667. The van der Waals surface area contributed by atoms with Gasteiger partial charge in [-0.3, -0.25) is 0 Å². The van der Waals surface area contributed by atoms with E-state index in [1.54, 1.807) is 0 Å². The largest absolute Gasteiger partial charge is 0.477 e. The van der Waals surface area contributed by atoms with Crippen molar-refractivity contribution < 1.29 is 15.1 Å². The maximum Gasteiger partial charge on any atom is 0.353 e. The molecule has 0 amide bonds. The van der Waals surface area contributed by atoms with Gasteiger partial charge >= 0.3 is 5.97 Å². The quantitative estimate of drug-likeness (QED) is 0.353. The van der Waals surface area contributed by atoms with Gasteiger partial charge < -0.3 is 10.3 Å². The van der Waals surface area contributed by atoms with Crippen LogP contribution in [0, 0.1) is 0 Å². The van der Waals surface area contributed by atoms with Crippen LogP contribution in [-0.2, 0) is 4.79 Å². The summed E-state index contributed by atoms with van der Waals surface area (Å²) in [6.45, 7) is 1.94. The Morgan fingerprint density at radius 3 is 2.50 bits per heavy atom. The zero-order valence-corrected chi connectivity index (χ0v) is 5.87. The first-order chi connectivity index (χ1) is 4.72. The van der Waals surface area contributed by atoms with Gasteiger partial charge in [0.15, 0.2) is 5.71 Å². The van der Waals surface area contributed by atoms with Gasteiger partial charge in [-0.1, -0.05) is 18.5 Å². The van der Waals surface area contributed by atoms with Gasteiger partial charge in [-0.15, -0.1) is 0 Å². The third-order valence-electron chi connectivity index (χ3n) is 1.13. The molecule has 0 aromatic heterocycles. The Bertz CT molecular complexity index is 142. The fourth-order valence-electron chi connectivity index (χ4n) is 0.544. The zero-order valence-electron chi connectivity index (χ0n) is 5.87. The minimum atomic E-state index is -1.14. The fourth-order valence-corrected chi connectivity index (χ4v) is 0.544. The van der Waals surface area contributed by atoms with Gasteiger partial charge in [-0.2, -0.15) is 0 Å². The lowest BCUT2D eigenvalue weighted by Crippen LogP contribution is -2.12. The molecule has 0 rings (SSSR count). The van der Waals surface area contributed by atoms with Gasteiger partial charge in [0.25, 0.3) is 0 Å². The Morgan fingerprint density at radius 2 is 2.20 bits per heavy atom. The van der Waals surface area contributed by atoms with Gasteiger partial charge in [-0.05, 0) is 6.42 Å². The Morgan fingerprint density at radius 1 is 1.60 bits per heavy atom. The van der Waals surface area contributed by atoms with Crippen LogP contribution in [0.1, 0.15) is 26.2 Å². The van der Waals surface area contributed by atoms with Crippen molar-refractivity contribution in [2.24, 2.45) is 5.16 Å². The highest BCUT2D eigenvalue weighted by Gasteiger charge is 2.07.